The highest BCUT2D eigenvalue weighted by Gasteiger charge is 2.44. The van der Waals surface area contributed by atoms with Gasteiger partial charge >= 0.3 is 0 Å². The van der Waals surface area contributed by atoms with Crippen molar-refractivity contribution >= 4 is 25.8 Å². The predicted octanol–water partition coefficient (Wildman–Crippen LogP) is 2.22. The first kappa shape index (κ1) is 22.0. The molecule has 7 nitrogen and oxygen atoms in total. The van der Waals surface area contributed by atoms with E-state index in [-0.39, 0.29) is 28.8 Å². The SMILES string of the molecule is Cc1cccc(S(=O)(=O)N2CCCC2C(=O)N2CCC(S(=O)(=O)c3ccccc3)C2)c1. The number of nitrogens with zero attached hydrogens (tertiary/aromatic N) is 2. The Labute approximate surface area is 183 Å². The van der Waals surface area contributed by atoms with Crippen molar-refractivity contribution in [2.45, 2.75) is 47.3 Å². The number of hydrogen-bond acceptors (Lipinski definition) is 5. The first-order valence-corrected chi connectivity index (χ1v) is 13.4. The van der Waals surface area contributed by atoms with Crippen LogP contribution in [-0.4, -0.2) is 62.9 Å². The molecule has 9 heteroatoms. The Hall–Kier alpha value is -2.23. The molecule has 2 aliphatic rings. The van der Waals surface area contributed by atoms with Crippen molar-refractivity contribution in [3.05, 3.63) is 60.2 Å². The molecule has 2 aliphatic heterocycles. The van der Waals surface area contributed by atoms with E-state index in [2.05, 4.69) is 0 Å². The third-order valence-corrected chi connectivity index (χ3v) is 10.1. The van der Waals surface area contributed by atoms with Gasteiger partial charge in [0.15, 0.2) is 9.84 Å². The molecule has 2 unspecified atom stereocenters. The van der Waals surface area contributed by atoms with Crippen LogP contribution in [0.15, 0.2) is 64.4 Å². The fraction of sp³-hybridized carbons (Fsp3) is 0.409. The zero-order valence-corrected chi connectivity index (χ0v) is 19.0. The molecule has 0 radical (unpaired) electrons. The van der Waals surface area contributed by atoms with Crippen LogP contribution in [0.25, 0.3) is 0 Å². The van der Waals surface area contributed by atoms with Crippen molar-refractivity contribution in [2.24, 2.45) is 0 Å². The summed E-state index contributed by atoms with van der Waals surface area (Å²) < 4.78 is 53.5. The molecule has 0 bridgehead atoms. The van der Waals surface area contributed by atoms with E-state index < -0.39 is 31.2 Å². The maximum Gasteiger partial charge on any atom is 0.243 e. The summed E-state index contributed by atoms with van der Waals surface area (Å²) in [6.07, 6.45) is 1.39. The zero-order valence-electron chi connectivity index (χ0n) is 17.3. The maximum absolute atomic E-state index is 13.2. The number of sulfone groups is 1. The summed E-state index contributed by atoms with van der Waals surface area (Å²) in [5.41, 5.74) is 0.830. The van der Waals surface area contributed by atoms with Gasteiger partial charge in [-0.25, -0.2) is 16.8 Å². The summed E-state index contributed by atoms with van der Waals surface area (Å²) in [5, 5.41) is -0.679. The Balaban J connectivity index is 1.52. The van der Waals surface area contributed by atoms with Crippen LogP contribution in [0, 0.1) is 6.92 Å². The van der Waals surface area contributed by atoms with Gasteiger partial charge < -0.3 is 4.90 Å². The molecule has 0 spiro atoms. The smallest absolute Gasteiger partial charge is 0.243 e. The molecule has 0 aliphatic carbocycles. The summed E-state index contributed by atoms with van der Waals surface area (Å²) in [6.45, 7) is 2.50. The molecule has 2 heterocycles. The molecular formula is C22H26N2O5S2. The van der Waals surface area contributed by atoms with Gasteiger partial charge in [0.1, 0.15) is 6.04 Å². The molecule has 166 valence electrons. The van der Waals surface area contributed by atoms with E-state index >= 15 is 0 Å². The average Bonchev–Trinajstić information content (AvgIpc) is 3.44. The lowest BCUT2D eigenvalue weighted by Crippen LogP contribution is -2.47. The van der Waals surface area contributed by atoms with Crippen molar-refractivity contribution in [1.82, 2.24) is 9.21 Å². The van der Waals surface area contributed by atoms with Gasteiger partial charge in [0.2, 0.25) is 15.9 Å². The van der Waals surface area contributed by atoms with Crippen LogP contribution in [0.4, 0.5) is 0 Å². The van der Waals surface area contributed by atoms with E-state index in [9.17, 15) is 21.6 Å². The van der Waals surface area contributed by atoms with Crippen molar-refractivity contribution in [1.29, 1.82) is 0 Å². The lowest BCUT2D eigenvalue weighted by molar-refractivity contribution is -0.133. The highest BCUT2D eigenvalue weighted by atomic mass is 32.2. The molecule has 1 amide bonds. The van der Waals surface area contributed by atoms with Crippen LogP contribution in [0.1, 0.15) is 24.8 Å². The largest absolute Gasteiger partial charge is 0.340 e. The second kappa shape index (κ2) is 8.37. The minimum atomic E-state index is -3.80. The van der Waals surface area contributed by atoms with Crippen molar-refractivity contribution < 1.29 is 21.6 Å². The number of hydrogen-bond donors (Lipinski definition) is 0. The summed E-state index contributed by atoms with van der Waals surface area (Å²) in [7, 11) is -7.35. The molecule has 2 atom stereocenters. The number of amides is 1. The number of aryl methyl sites for hydroxylation is 1. The van der Waals surface area contributed by atoms with Crippen LogP contribution < -0.4 is 0 Å². The van der Waals surface area contributed by atoms with E-state index in [0.29, 0.717) is 25.8 Å². The van der Waals surface area contributed by atoms with Gasteiger partial charge in [-0.1, -0.05) is 30.3 Å². The van der Waals surface area contributed by atoms with E-state index in [0.717, 1.165) is 5.56 Å². The first-order chi connectivity index (χ1) is 14.7. The highest BCUT2D eigenvalue weighted by Crippen LogP contribution is 2.30. The minimum absolute atomic E-state index is 0.0882. The fourth-order valence-corrected chi connectivity index (χ4v) is 7.85. The van der Waals surface area contributed by atoms with E-state index in [1.54, 1.807) is 48.5 Å². The van der Waals surface area contributed by atoms with Gasteiger partial charge in [-0.05, 0) is 56.0 Å². The molecule has 4 rings (SSSR count). The topological polar surface area (TPSA) is 91.8 Å². The molecule has 2 aromatic rings. The molecule has 0 aromatic heterocycles. The molecule has 2 fully saturated rings. The third-order valence-electron chi connectivity index (χ3n) is 6.05. The molecule has 0 N–H and O–H groups in total. The predicted molar refractivity (Wildman–Crippen MR) is 117 cm³/mol. The molecular weight excluding hydrogens is 436 g/mol. The fourth-order valence-electron chi connectivity index (χ4n) is 4.38. The standard InChI is InChI=1S/C22H26N2O5S2/c1-17-7-5-10-19(15-17)31(28,29)24-13-6-11-21(24)22(25)23-14-12-20(16-23)30(26,27)18-8-3-2-4-9-18/h2-5,7-10,15,20-21H,6,11-14,16H2,1H3. The van der Waals surface area contributed by atoms with Gasteiger partial charge in [0.25, 0.3) is 0 Å². The van der Waals surface area contributed by atoms with Crippen LogP contribution in [0.3, 0.4) is 0 Å². The van der Waals surface area contributed by atoms with Crippen molar-refractivity contribution in [3.63, 3.8) is 0 Å². The first-order valence-electron chi connectivity index (χ1n) is 10.4. The molecule has 0 saturated carbocycles. The molecule has 2 aromatic carbocycles. The Morgan fingerprint density at radius 1 is 0.903 bits per heavy atom. The number of carbonyl (C=O) groups excluding carboxylic acids is 1. The summed E-state index contributed by atoms with van der Waals surface area (Å²) in [5.74, 6) is -0.306. The normalized spacial score (nSPS) is 22.7. The Morgan fingerprint density at radius 3 is 2.32 bits per heavy atom. The second-order valence-electron chi connectivity index (χ2n) is 8.14. The summed E-state index contributed by atoms with van der Waals surface area (Å²) in [4.78, 5) is 15.2. The summed E-state index contributed by atoms with van der Waals surface area (Å²) >= 11 is 0. The van der Waals surface area contributed by atoms with Gasteiger partial charge in [-0.15, -0.1) is 0 Å². The quantitative estimate of drug-likeness (QED) is 0.680. The van der Waals surface area contributed by atoms with E-state index in [1.807, 2.05) is 13.0 Å². The van der Waals surface area contributed by atoms with Crippen LogP contribution in [-0.2, 0) is 24.7 Å². The van der Waals surface area contributed by atoms with Gasteiger partial charge in [-0.2, -0.15) is 4.31 Å². The molecule has 31 heavy (non-hydrogen) atoms. The maximum atomic E-state index is 13.2. The van der Waals surface area contributed by atoms with Crippen molar-refractivity contribution in [2.75, 3.05) is 19.6 Å². The number of rotatable bonds is 5. The summed E-state index contributed by atoms with van der Waals surface area (Å²) in [6, 6.07) is 14.1. The lowest BCUT2D eigenvalue weighted by Gasteiger charge is -2.27. The van der Waals surface area contributed by atoms with Crippen molar-refractivity contribution in [3.8, 4) is 0 Å². The van der Waals surface area contributed by atoms with Gasteiger partial charge in [-0.3, -0.25) is 4.79 Å². The Kier molecular flexibility index (Phi) is 5.93. The average molecular weight is 463 g/mol. The molecule has 2 saturated heterocycles. The van der Waals surface area contributed by atoms with E-state index in [4.69, 9.17) is 0 Å². The third kappa shape index (κ3) is 4.14. The highest BCUT2D eigenvalue weighted by molar-refractivity contribution is 7.92. The van der Waals surface area contributed by atoms with Crippen LogP contribution >= 0.6 is 0 Å². The lowest BCUT2D eigenvalue weighted by atomic mass is 10.2. The number of benzene rings is 2. The van der Waals surface area contributed by atoms with Crippen LogP contribution in [0.2, 0.25) is 0 Å². The van der Waals surface area contributed by atoms with Gasteiger partial charge in [0.05, 0.1) is 15.0 Å². The van der Waals surface area contributed by atoms with Gasteiger partial charge in [0, 0.05) is 19.6 Å². The number of carbonyl (C=O) groups is 1. The number of likely N-dealkylation sites (tertiary alicyclic amines) is 1. The van der Waals surface area contributed by atoms with Crippen LogP contribution in [0.5, 0.6) is 0 Å². The Bertz CT molecular complexity index is 1180. The number of sulfonamides is 1. The zero-order chi connectivity index (χ0) is 22.2. The second-order valence-corrected chi connectivity index (χ2v) is 12.3. The van der Waals surface area contributed by atoms with E-state index in [1.165, 1.54) is 9.21 Å². The minimum Gasteiger partial charge on any atom is -0.340 e. The monoisotopic (exact) mass is 462 g/mol. The Morgan fingerprint density at radius 2 is 1.61 bits per heavy atom.